The monoisotopic (exact) mass is 503 g/mol. The van der Waals surface area contributed by atoms with Crippen LogP contribution in [0.1, 0.15) is 40.5 Å². The first-order valence-electron chi connectivity index (χ1n) is 11.8. The zero-order valence-electron chi connectivity index (χ0n) is 19.5. The molecular formula is C26H25N5O4S. The van der Waals surface area contributed by atoms with E-state index in [4.69, 9.17) is 9.40 Å². The van der Waals surface area contributed by atoms with E-state index in [1.807, 2.05) is 29.2 Å². The summed E-state index contributed by atoms with van der Waals surface area (Å²) in [6, 6.07) is 9.42. The molecule has 0 bridgehead atoms. The number of hydrogen-bond acceptors (Lipinski definition) is 7. The number of imidazole rings is 1. The summed E-state index contributed by atoms with van der Waals surface area (Å²) in [6.07, 6.45) is 7.12. The van der Waals surface area contributed by atoms with Gasteiger partial charge in [-0.1, -0.05) is 12.6 Å². The van der Waals surface area contributed by atoms with Gasteiger partial charge in [-0.25, -0.2) is 9.97 Å². The Morgan fingerprint density at radius 1 is 1.31 bits per heavy atom. The molecule has 2 amide bonds. The largest absolute Gasteiger partial charge is 0.443 e. The van der Waals surface area contributed by atoms with Crippen LogP contribution in [0.15, 0.2) is 60.0 Å². The lowest BCUT2D eigenvalue weighted by Crippen LogP contribution is -2.42. The highest BCUT2D eigenvalue weighted by Gasteiger charge is 2.50. The van der Waals surface area contributed by atoms with E-state index in [0.717, 1.165) is 53.8 Å². The van der Waals surface area contributed by atoms with Crippen molar-refractivity contribution in [2.75, 3.05) is 18.4 Å². The summed E-state index contributed by atoms with van der Waals surface area (Å²) in [5.74, 6) is 0.829. The molecule has 36 heavy (non-hydrogen) atoms. The number of carbonyl (C=O) groups excluding carboxylic acids is 2. The number of aliphatic hydroxyl groups is 1. The average Bonchev–Trinajstić information content (AvgIpc) is 3.66. The Balaban J connectivity index is 1.28. The molecule has 1 spiro atoms. The quantitative estimate of drug-likeness (QED) is 0.381. The van der Waals surface area contributed by atoms with Crippen LogP contribution in [0.2, 0.25) is 0 Å². The van der Waals surface area contributed by atoms with Crippen LogP contribution in [-0.4, -0.2) is 49.4 Å². The number of amides is 2. The number of thiophene rings is 1. The molecule has 4 heterocycles. The van der Waals surface area contributed by atoms with Crippen molar-refractivity contribution >= 4 is 40.1 Å². The molecule has 2 aliphatic rings. The summed E-state index contributed by atoms with van der Waals surface area (Å²) in [7, 11) is 0. The van der Waals surface area contributed by atoms with Gasteiger partial charge in [-0.05, 0) is 60.6 Å². The minimum Gasteiger partial charge on any atom is -0.443 e. The Hall–Kier alpha value is -3.76. The number of aromatic nitrogens is 3. The van der Waals surface area contributed by atoms with Gasteiger partial charge in [0.05, 0.1) is 33.6 Å². The maximum Gasteiger partial charge on any atom is 0.268 e. The zero-order valence-corrected chi connectivity index (χ0v) is 20.3. The van der Waals surface area contributed by atoms with E-state index in [0.29, 0.717) is 16.6 Å². The zero-order chi connectivity index (χ0) is 24.9. The fraction of sp³-hybridized carbons (Fsp3) is 0.308. The Bertz CT molecular complexity index is 1460. The first kappa shape index (κ1) is 22.7. The lowest BCUT2D eigenvalue weighted by Gasteiger charge is -2.46. The summed E-state index contributed by atoms with van der Waals surface area (Å²) < 4.78 is 7.44. The smallest absolute Gasteiger partial charge is 0.268 e. The summed E-state index contributed by atoms with van der Waals surface area (Å²) in [4.78, 5) is 37.2. The normalized spacial score (nSPS) is 21.1. The second-order valence-electron chi connectivity index (χ2n) is 9.55. The number of oxazole rings is 1. The predicted octanol–water partition coefficient (Wildman–Crippen LogP) is 4.24. The van der Waals surface area contributed by atoms with Crippen LogP contribution in [0.5, 0.6) is 0 Å². The van der Waals surface area contributed by atoms with Gasteiger partial charge in [-0.3, -0.25) is 14.9 Å². The fourth-order valence-electron chi connectivity index (χ4n) is 5.50. The highest BCUT2D eigenvalue weighted by molar-refractivity contribution is 7.17. The van der Waals surface area contributed by atoms with Crippen molar-refractivity contribution in [1.82, 2.24) is 19.4 Å². The van der Waals surface area contributed by atoms with E-state index in [-0.39, 0.29) is 29.9 Å². The molecule has 6 rings (SSSR count). The van der Waals surface area contributed by atoms with Gasteiger partial charge in [0.1, 0.15) is 0 Å². The molecule has 1 saturated heterocycles. The van der Waals surface area contributed by atoms with Gasteiger partial charge in [-0.2, -0.15) is 0 Å². The number of anilines is 1. The van der Waals surface area contributed by atoms with Crippen molar-refractivity contribution in [2.24, 2.45) is 5.41 Å². The molecule has 2 N–H and O–H groups in total. The maximum atomic E-state index is 13.2. The molecule has 3 aromatic heterocycles. The number of nitrogens with zero attached hydrogens (tertiary/aromatic N) is 4. The van der Waals surface area contributed by atoms with Crippen LogP contribution in [0, 0.1) is 5.41 Å². The molecule has 1 aliphatic carbocycles. The molecule has 10 heteroatoms. The van der Waals surface area contributed by atoms with Gasteiger partial charge in [0.2, 0.25) is 11.9 Å². The second-order valence-corrected chi connectivity index (χ2v) is 10.6. The molecule has 1 aliphatic heterocycles. The van der Waals surface area contributed by atoms with E-state index < -0.39 is 0 Å². The van der Waals surface area contributed by atoms with E-state index in [1.54, 1.807) is 12.3 Å². The number of rotatable bonds is 6. The van der Waals surface area contributed by atoms with Gasteiger partial charge in [0.15, 0.2) is 12.2 Å². The van der Waals surface area contributed by atoms with Gasteiger partial charge in [0, 0.05) is 19.1 Å². The highest BCUT2D eigenvalue weighted by atomic mass is 32.1. The Labute approximate surface area is 211 Å². The molecule has 184 valence electrons. The number of carbonyl (C=O) groups is 2. The van der Waals surface area contributed by atoms with E-state index >= 15 is 0 Å². The maximum absolute atomic E-state index is 13.2. The minimum atomic E-state index is -0.248. The fourth-order valence-corrected chi connectivity index (χ4v) is 6.36. The second kappa shape index (κ2) is 8.72. The first-order chi connectivity index (χ1) is 17.5. The van der Waals surface area contributed by atoms with Crippen molar-refractivity contribution in [1.29, 1.82) is 0 Å². The van der Waals surface area contributed by atoms with Crippen LogP contribution in [-0.2, 0) is 11.4 Å². The lowest BCUT2D eigenvalue weighted by molar-refractivity contribution is -0.125. The molecule has 2 fully saturated rings. The van der Waals surface area contributed by atoms with Gasteiger partial charge >= 0.3 is 0 Å². The predicted molar refractivity (Wildman–Crippen MR) is 136 cm³/mol. The van der Waals surface area contributed by atoms with Gasteiger partial charge in [0.25, 0.3) is 5.91 Å². The summed E-state index contributed by atoms with van der Waals surface area (Å²) in [5.41, 5.74) is 2.49. The molecule has 0 atom stereocenters. The molecular weight excluding hydrogens is 478 g/mol. The topological polar surface area (TPSA) is 113 Å². The molecule has 9 nitrogen and oxygen atoms in total. The molecule has 0 radical (unpaired) electrons. The summed E-state index contributed by atoms with van der Waals surface area (Å²) in [6.45, 7) is 5.01. The Morgan fingerprint density at radius 3 is 2.92 bits per heavy atom. The van der Waals surface area contributed by atoms with E-state index in [1.165, 1.54) is 23.8 Å². The number of benzene rings is 1. The first-order valence-corrected chi connectivity index (χ1v) is 12.6. The SMILES string of the molecule is C=CC(=O)N1CC[C@]2(C1)C[C@H](n1c(NC(=O)c3ccc(-c4cnco4)s3)nc3cc(CO)ccc31)C2. The minimum absolute atomic E-state index is 0.0199. The van der Waals surface area contributed by atoms with E-state index in [2.05, 4.69) is 21.4 Å². The van der Waals surface area contributed by atoms with Crippen LogP contribution < -0.4 is 5.32 Å². The van der Waals surface area contributed by atoms with Crippen molar-refractivity contribution in [3.63, 3.8) is 0 Å². The number of nitrogens with one attached hydrogen (secondary N) is 1. The van der Waals surface area contributed by atoms with E-state index in [9.17, 15) is 14.7 Å². The van der Waals surface area contributed by atoms with Crippen LogP contribution >= 0.6 is 11.3 Å². The average molecular weight is 504 g/mol. The van der Waals surface area contributed by atoms with Crippen LogP contribution in [0.25, 0.3) is 21.7 Å². The lowest BCUT2D eigenvalue weighted by atomic mass is 9.64. The third-order valence-electron chi connectivity index (χ3n) is 7.29. The number of likely N-dealkylation sites (tertiary alicyclic amines) is 1. The van der Waals surface area contributed by atoms with Crippen molar-refractivity contribution in [2.45, 2.75) is 31.9 Å². The standard InChI is InChI=1S/C26H25N5O4S/c1-2-23(33)30-8-7-26(14-30)10-17(11-26)31-19-4-3-16(13-32)9-18(19)28-25(31)29-24(34)22-6-5-21(36-22)20-12-27-15-35-20/h2-6,9,12,15,17,32H,1,7-8,10-11,13-14H2,(H,28,29,34)/t17-,26-. The number of fused-ring (bicyclic) bond motifs is 1. The van der Waals surface area contributed by atoms with Gasteiger partial charge < -0.3 is 19.0 Å². The van der Waals surface area contributed by atoms with Gasteiger partial charge in [-0.15, -0.1) is 11.3 Å². The van der Waals surface area contributed by atoms with Crippen molar-refractivity contribution in [3.05, 3.63) is 66.0 Å². The Kier molecular flexibility index (Phi) is 5.50. The third-order valence-corrected chi connectivity index (χ3v) is 8.39. The number of aliphatic hydroxyl groups excluding tert-OH is 1. The highest BCUT2D eigenvalue weighted by Crippen LogP contribution is 2.55. The van der Waals surface area contributed by atoms with Crippen molar-refractivity contribution in [3.8, 4) is 10.6 Å². The molecule has 4 aromatic rings. The van der Waals surface area contributed by atoms with Crippen molar-refractivity contribution < 1.29 is 19.1 Å². The third kappa shape index (κ3) is 3.82. The molecule has 1 aromatic carbocycles. The van der Waals surface area contributed by atoms with Crippen LogP contribution in [0.4, 0.5) is 5.95 Å². The summed E-state index contributed by atoms with van der Waals surface area (Å²) >= 11 is 1.32. The molecule has 1 saturated carbocycles. The Morgan fingerprint density at radius 2 is 2.17 bits per heavy atom. The van der Waals surface area contributed by atoms with Crippen LogP contribution in [0.3, 0.4) is 0 Å². The number of hydrogen-bond donors (Lipinski definition) is 2. The molecule has 0 unspecified atom stereocenters. The summed E-state index contributed by atoms with van der Waals surface area (Å²) in [5, 5.41) is 12.6.